The molecule has 134 valence electrons. The van der Waals surface area contributed by atoms with Crippen molar-refractivity contribution in [1.29, 1.82) is 0 Å². The second kappa shape index (κ2) is 5.94. The molecule has 0 radical (unpaired) electrons. The smallest absolute Gasteiger partial charge is 0.228 e. The van der Waals surface area contributed by atoms with Gasteiger partial charge in [-0.2, -0.15) is 9.61 Å². The number of aryl methyl sites for hydroxylation is 1. The van der Waals surface area contributed by atoms with Crippen molar-refractivity contribution in [3.05, 3.63) is 18.1 Å². The number of carbonyl (C=O) groups is 1. The van der Waals surface area contributed by atoms with E-state index in [0.717, 1.165) is 49.4 Å². The van der Waals surface area contributed by atoms with Crippen LogP contribution in [0.3, 0.4) is 0 Å². The fourth-order valence-electron chi connectivity index (χ4n) is 4.30. The summed E-state index contributed by atoms with van der Waals surface area (Å²) in [4.78, 5) is 17.0. The lowest BCUT2D eigenvalue weighted by molar-refractivity contribution is -0.153. The maximum absolute atomic E-state index is 12.8. The molecule has 2 aliphatic rings. The van der Waals surface area contributed by atoms with Gasteiger partial charge < -0.3 is 14.5 Å². The Bertz CT molecular complexity index is 796. The van der Waals surface area contributed by atoms with Crippen LogP contribution in [0.4, 0.5) is 5.69 Å². The SMILES string of the molecule is COC1CN(C)C(=O)C2(CCN(c3cc(C)nn4cnnc34)CC2)C1. The summed E-state index contributed by atoms with van der Waals surface area (Å²) in [5, 5.41) is 12.6. The van der Waals surface area contributed by atoms with Gasteiger partial charge in [-0.3, -0.25) is 4.79 Å². The van der Waals surface area contributed by atoms with Crippen LogP contribution in [-0.2, 0) is 9.53 Å². The third-order valence-corrected chi connectivity index (χ3v) is 5.66. The molecule has 0 bridgehead atoms. The first kappa shape index (κ1) is 16.3. The lowest BCUT2D eigenvalue weighted by atomic mass is 9.71. The minimum Gasteiger partial charge on any atom is -0.380 e. The van der Waals surface area contributed by atoms with Gasteiger partial charge in [-0.25, -0.2) is 0 Å². The maximum Gasteiger partial charge on any atom is 0.228 e. The predicted octanol–water partition coefficient (Wildman–Crippen LogP) is 0.896. The summed E-state index contributed by atoms with van der Waals surface area (Å²) in [7, 11) is 3.62. The minimum atomic E-state index is -0.295. The fourth-order valence-corrected chi connectivity index (χ4v) is 4.30. The largest absolute Gasteiger partial charge is 0.380 e. The van der Waals surface area contributed by atoms with Crippen LogP contribution in [0.1, 0.15) is 25.0 Å². The molecule has 8 nitrogen and oxygen atoms in total. The Balaban J connectivity index is 1.58. The third kappa shape index (κ3) is 2.64. The van der Waals surface area contributed by atoms with Crippen molar-refractivity contribution >= 4 is 17.2 Å². The molecule has 0 aliphatic carbocycles. The zero-order valence-corrected chi connectivity index (χ0v) is 15.0. The van der Waals surface area contributed by atoms with Crippen molar-refractivity contribution < 1.29 is 9.53 Å². The molecule has 8 heteroatoms. The van der Waals surface area contributed by atoms with Gasteiger partial charge in [0.2, 0.25) is 11.6 Å². The van der Waals surface area contributed by atoms with Gasteiger partial charge in [-0.15, -0.1) is 10.2 Å². The Hall–Kier alpha value is -2.22. The number of piperidine rings is 2. The van der Waals surface area contributed by atoms with Crippen LogP contribution in [0.5, 0.6) is 0 Å². The number of likely N-dealkylation sites (N-methyl/N-ethyl adjacent to an activating group) is 1. The highest BCUT2D eigenvalue weighted by Gasteiger charge is 2.48. The molecule has 2 saturated heterocycles. The van der Waals surface area contributed by atoms with E-state index in [-0.39, 0.29) is 17.4 Å². The molecule has 0 saturated carbocycles. The Morgan fingerprint density at radius 2 is 2.08 bits per heavy atom. The Kier molecular flexibility index (Phi) is 3.87. The first-order valence-electron chi connectivity index (χ1n) is 8.73. The number of fused-ring (bicyclic) bond motifs is 1. The van der Waals surface area contributed by atoms with E-state index < -0.39 is 0 Å². The van der Waals surface area contributed by atoms with Gasteiger partial charge in [-0.1, -0.05) is 0 Å². The van der Waals surface area contributed by atoms with Crippen LogP contribution >= 0.6 is 0 Å². The lowest BCUT2D eigenvalue weighted by Crippen LogP contribution is -2.56. The average molecular weight is 344 g/mol. The molecular weight excluding hydrogens is 320 g/mol. The van der Waals surface area contributed by atoms with Crippen molar-refractivity contribution in [2.24, 2.45) is 5.41 Å². The van der Waals surface area contributed by atoms with Gasteiger partial charge in [0.15, 0.2) is 0 Å². The number of aromatic nitrogens is 4. The van der Waals surface area contributed by atoms with E-state index >= 15 is 0 Å². The molecule has 25 heavy (non-hydrogen) atoms. The summed E-state index contributed by atoms with van der Waals surface area (Å²) in [6.45, 7) is 4.30. The van der Waals surface area contributed by atoms with Gasteiger partial charge in [0, 0.05) is 33.8 Å². The molecular formula is C17H24N6O2. The molecule has 2 aromatic rings. The Morgan fingerprint density at radius 3 is 2.80 bits per heavy atom. The highest BCUT2D eigenvalue weighted by molar-refractivity contribution is 5.84. The van der Waals surface area contributed by atoms with Crippen LogP contribution in [0.2, 0.25) is 0 Å². The average Bonchev–Trinajstić information content (AvgIpc) is 3.07. The second-order valence-corrected chi connectivity index (χ2v) is 7.28. The van der Waals surface area contributed by atoms with Crippen LogP contribution in [0.15, 0.2) is 12.4 Å². The number of methoxy groups -OCH3 is 1. The highest BCUT2D eigenvalue weighted by Crippen LogP contribution is 2.42. The van der Waals surface area contributed by atoms with Gasteiger partial charge >= 0.3 is 0 Å². The molecule has 1 spiro atoms. The zero-order valence-electron chi connectivity index (χ0n) is 15.0. The van der Waals surface area contributed by atoms with Gasteiger partial charge in [0.25, 0.3) is 0 Å². The number of rotatable bonds is 2. The van der Waals surface area contributed by atoms with E-state index in [0.29, 0.717) is 6.54 Å². The third-order valence-electron chi connectivity index (χ3n) is 5.66. The molecule has 1 unspecified atom stereocenters. The quantitative estimate of drug-likeness (QED) is 0.806. The molecule has 0 aromatic carbocycles. The molecule has 0 N–H and O–H groups in total. The minimum absolute atomic E-state index is 0.126. The molecule has 2 fully saturated rings. The first-order chi connectivity index (χ1) is 12.0. The number of hydrogen-bond donors (Lipinski definition) is 0. The van der Waals surface area contributed by atoms with Crippen molar-refractivity contribution in [3.63, 3.8) is 0 Å². The van der Waals surface area contributed by atoms with E-state index in [2.05, 4.69) is 26.3 Å². The number of anilines is 1. The lowest BCUT2D eigenvalue weighted by Gasteiger charge is -2.48. The molecule has 4 heterocycles. The summed E-state index contributed by atoms with van der Waals surface area (Å²) in [6, 6.07) is 2.05. The van der Waals surface area contributed by atoms with E-state index in [1.165, 1.54) is 0 Å². The summed E-state index contributed by atoms with van der Waals surface area (Å²) in [5.41, 5.74) is 2.44. The van der Waals surface area contributed by atoms with Crippen molar-refractivity contribution in [2.45, 2.75) is 32.3 Å². The summed E-state index contributed by atoms with van der Waals surface area (Å²) in [6.07, 6.45) is 4.23. The van der Waals surface area contributed by atoms with Crippen LogP contribution in [0.25, 0.3) is 5.65 Å². The summed E-state index contributed by atoms with van der Waals surface area (Å²) < 4.78 is 7.29. The molecule has 1 amide bonds. The molecule has 1 atom stereocenters. The van der Waals surface area contributed by atoms with Crippen LogP contribution in [-0.4, -0.2) is 70.5 Å². The topological polar surface area (TPSA) is 75.9 Å². The van der Waals surface area contributed by atoms with Gasteiger partial charge in [-0.05, 0) is 32.3 Å². The van der Waals surface area contributed by atoms with Gasteiger partial charge in [0.05, 0.1) is 22.9 Å². The predicted molar refractivity (Wildman–Crippen MR) is 92.5 cm³/mol. The molecule has 4 rings (SSSR count). The highest BCUT2D eigenvalue weighted by atomic mass is 16.5. The standard InChI is InChI=1S/C17H24N6O2/c1-12-8-14(15-19-18-11-23(15)20-12)22-6-4-17(5-7-22)9-13(25-3)10-21(2)16(17)24/h8,11,13H,4-7,9-10H2,1-3H3. The number of ether oxygens (including phenoxy) is 1. The second-order valence-electron chi connectivity index (χ2n) is 7.28. The number of amides is 1. The molecule has 2 aliphatic heterocycles. The first-order valence-corrected chi connectivity index (χ1v) is 8.73. The maximum atomic E-state index is 12.8. The van der Waals surface area contributed by atoms with Crippen LogP contribution < -0.4 is 4.90 Å². The number of carbonyl (C=O) groups excluding carboxylic acids is 1. The fraction of sp³-hybridized carbons (Fsp3) is 0.647. The van der Waals surface area contributed by atoms with Crippen molar-refractivity contribution in [3.8, 4) is 0 Å². The summed E-state index contributed by atoms with van der Waals surface area (Å²) >= 11 is 0. The summed E-state index contributed by atoms with van der Waals surface area (Å²) in [5.74, 6) is 0.263. The number of likely N-dealkylation sites (tertiary alicyclic amines) is 1. The van der Waals surface area contributed by atoms with E-state index in [9.17, 15) is 4.79 Å². The van der Waals surface area contributed by atoms with Crippen LogP contribution in [0, 0.1) is 12.3 Å². The Labute approximate surface area is 146 Å². The van der Waals surface area contributed by atoms with E-state index in [1.54, 1.807) is 18.0 Å². The number of hydrogen-bond acceptors (Lipinski definition) is 6. The Morgan fingerprint density at radius 1 is 1.32 bits per heavy atom. The molecule has 2 aromatic heterocycles. The van der Waals surface area contributed by atoms with Crippen molar-refractivity contribution in [1.82, 2.24) is 24.7 Å². The normalized spacial score (nSPS) is 23.6. The monoisotopic (exact) mass is 344 g/mol. The van der Waals surface area contributed by atoms with Gasteiger partial charge in [0.1, 0.15) is 6.33 Å². The van der Waals surface area contributed by atoms with E-state index in [1.807, 2.05) is 18.9 Å². The zero-order chi connectivity index (χ0) is 17.6. The van der Waals surface area contributed by atoms with Crippen molar-refractivity contribution in [2.75, 3.05) is 38.7 Å². The number of nitrogens with zero attached hydrogens (tertiary/aromatic N) is 6. The van der Waals surface area contributed by atoms with E-state index in [4.69, 9.17) is 4.74 Å².